The molecule has 0 spiro atoms. The average molecular weight is 379 g/mol. The summed E-state index contributed by atoms with van der Waals surface area (Å²) in [7, 11) is 3.99. The van der Waals surface area contributed by atoms with Gasteiger partial charge in [0.15, 0.2) is 5.11 Å². The Morgan fingerprint density at radius 2 is 1.96 bits per heavy atom. The highest BCUT2D eigenvalue weighted by atomic mass is 35.5. The van der Waals surface area contributed by atoms with Crippen LogP contribution in [0.1, 0.15) is 11.6 Å². The number of nitrogens with zero attached hydrogens (tertiary/aromatic N) is 2. The first-order valence-electron chi connectivity index (χ1n) is 7.58. The Bertz CT molecular complexity index is 756. The largest absolute Gasteiger partial charge is 0.361 e. The van der Waals surface area contributed by atoms with Gasteiger partial charge in [0.2, 0.25) is 0 Å². The number of likely N-dealkylation sites (N-methyl/N-ethyl adjacent to an activating group) is 1. The van der Waals surface area contributed by atoms with Crippen molar-refractivity contribution in [3.05, 3.63) is 69.2 Å². The SMILES string of the molecule is CN(C)[C@@H](CNC(=S)Nc1cc([N+](=O)[O-])ccc1Cl)c1ccccc1. The molecule has 2 N–H and O–H groups in total. The number of halogens is 1. The third-order valence-electron chi connectivity index (χ3n) is 3.67. The highest BCUT2D eigenvalue weighted by Crippen LogP contribution is 2.26. The van der Waals surface area contributed by atoms with Crippen LogP contribution in [0.3, 0.4) is 0 Å². The summed E-state index contributed by atoms with van der Waals surface area (Å²) in [6, 6.07) is 14.4. The normalized spacial score (nSPS) is 11.8. The van der Waals surface area contributed by atoms with E-state index in [4.69, 9.17) is 23.8 Å². The summed E-state index contributed by atoms with van der Waals surface area (Å²) < 4.78 is 0. The number of nitro benzene ring substituents is 1. The molecule has 132 valence electrons. The molecule has 1 atom stereocenters. The Balaban J connectivity index is 2.02. The molecule has 0 aliphatic heterocycles. The van der Waals surface area contributed by atoms with Crippen LogP contribution in [-0.2, 0) is 0 Å². The second-order valence-electron chi connectivity index (χ2n) is 5.65. The molecule has 2 aromatic carbocycles. The lowest BCUT2D eigenvalue weighted by molar-refractivity contribution is -0.384. The Hall–Kier alpha value is -2.22. The first-order chi connectivity index (χ1) is 11.9. The summed E-state index contributed by atoms with van der Waals surface area (Å²) in [5.74, 6) is 0. The maximum absolute atomic E-state index is 10.9. The number of non-ortho nitro benzene ring substituents is 1. The number of nitrogens with one attached hydrogen (secondary N) is 2. The molecule has 0 aliphatic carbocycles. The minimum atomic E-state index is -0.477. The van der Waals surface area contributed by atoms with Crippen molar-refractivity contribution in [2.45, 2.75) is 6.04 Å². The molecular weight excluding hydrogens is 360 g/mol. The van der Waals surface area contributed by atoms with E-state index in [0.717, 1.165) is 5.56 Å². The van der Waals surface area contributed by atoms with E-state index in [9.17, 15) is 10.1 Å². The van der Waals surface area contributed by atoms with Gasteiger partial charge in [-0.15, -0.1) is 0 Å². The molecule has 0 radical (unpaired) electrons. The van der Waals surface area contributed by atoms with Crippen molar-refractivity contribution >= 4 is 40.3 Å². The van der Waals surface area contributed by atoms with Gasteiger partial charge >= 0.3 is 0 Å². The minimum absolute atomic E-state index is 0.0508. The van der Waals surface area contributed by atoms with Gasteiger partial charge in [0.05, 0.1) is 21.7 Å². The van der Waals surface area contributed by atoms with Crippen LogP contribution in [0.4, 0.5) is 11.4 Å². The molecule has 25 heavy (non-hydrogen) atoms. The van der Waals surface area contributed by atoms with Crippen LogP contribution in [0, 0.1) is 10.1 Å². The smallest absolute Gasteiger partial charge is 0.271 e. The number of hydrogen-bond donors (Lipinski definition) is 2. The number of thiocarbonyl (C=S) groups is 1. The zero-order valence-corrected chi connectivity index (χ0v) is 15.5. The number of benzene rings is 2. The van der Waals surface area contributed by atoms with Crippen LogP contribution in [0.2, 0.25) is 5.02 Å². The first kappa shape index (κ1) is 19.1. The van der Waals surface area contributed by atoms with E-state index in [-0.39, 0.29) is 11.7 Å². The third-order valence-corrected chi connectivity index (χ3v) is 4.25. The molecule has 2 rings (SSSR count). The summed E-state index contributed by atoms with van der Waals surface area (Å²) in [5.41, 5.74) is 1.51. The Morgan fingerprint density at radius 3 is 2.56 bits per heavy atom. The molecule has 0 saturated carbocycles. The van der Waals surface area contributed by atoms with Gasteiger partial charge in [0, 0.05) is 18.7 Å². The molecule has 0 saturated heterocycles. The first-order valence-corrected chi connectivity index (χ1v) is 8.37. The fourth-order valence-electron chi connectivity index (χ4n) is 2.35. The van der Waals surface area contributed by atoms with Crippen LogP contribution in [0.5, 0.6) is 0 Å². The summed E-state index contributed by atoms with van der Waals surface area (Å²) in [4.78, 5) is 12.5. The van der Waals surface area contributed by atoms with E-state index in [1.807, 2.05) is 32.3 Å². The third kappa shape index (κ3) is 5.38. The van der Waals surface area contributed by atoms with Crippen LogP contribution in [-0.4, -0.2) is 35.6 Å². The maximum Gasteiger partial charge on any atom is 0.271 e. The van der Waals surface area contributed by atoms with Crippen molar-refractivity contribution in [3.8, 4) is 0 Å². The van der Waals surface area contributed by atoms with Crippen molar-refractivity contribution in [1.29, 1.82) is 0 Å². The molecule has 8 heteroatoms. The summed E-state index contributed by atoms with van der Waals surface area (Å²) in [5, 5.41) is 17.6. The van der Waals surface area contributed by atoms with Gasteiger partial charge in [-0.3, -0.25) is 10.1 Å². The topological polar surface area (TPSA) is 70.4 Å². The standard InChI is InChI=1S/C17H19ClN4O2S/c1-21(2)16(12-6-4-3-5-7-12)11-19-17(25)20-15-10-13(22(23)24)8-9-14(15)18/h3-10,16H,11H2,1-2H3,(H2,19,20,25)/t16-/m0/s1. The lowest BCUT2D eigenvalue weighted by atomic mass is 10.1. The van der Waals surface area contributed by atoms with Crippen molar-refractivity contribution < 1.29 is 4.92 Å². The summed E-state index contributed by atoms with van der Waals surface area (Å²) >= 11 is 11.4. The molecule has 0 heterocycles. The number of rotatable bonds is 6. The fraction of sp³-hybridized carbons (Fsp3) is 0.235. The predicted molar refractivity (Wildman–Crippen MR) is 105 cm³/mol. The van der Waals surface area contributed by atoms with Crippen molar-refractivity contribution in [1.82, 2.24) is 10.2 Å². The Morgan fingerprint density at radius 1 is 1.28 bits per heavy atom. The Labute approximate surface area is 156 Å². The van der Waals surface area contributed by atoms with E-state index in [2.05, 4.69) is 27.7 Å². The van der Waals surface area contributed by atoms with Gasteiger partial charge < -0.3 is 15.5 Å². The molecular formula is C17H19ClN4O2S. The highest BCUT2D eigenvalue weighted by molar-refractivity contribution is 7.80. The molecule has 0 fully saturated rings. The highest BCUT2D eigenvalue weighted by Gasteiger charge is 2.15. The molecule has 0 bridgehead atoms. The molecule has 6 nitrogen and oxygen atoms in total. The molecule has 0 unspecified atom stereocenters. The zero-order chi connectivity index (χ0) is 18.4. The van der Waals surface area contributed by atoms with Crippen LogP contribution in [0.25, 0.3) is 0 Å². The zero-order valence-electron chi connectivity index (χ0n) is 13.9. The van der Waals surface area contributed by atoms with Crippen LogP contribution in [0.15, 0.2) is 48.5 Å². The van der Waals surface area contributed by atoms with Gasteiger partial charge in [0.1, 0.15) is 0 Å². The lowest BCUT2D eigenvalue weighted by Crippen LogP contribution is -2.36. The fourth-order valence-corrected chi connectivity index (χ4v) is 2.71. The van der Waals surface area contributed by atoms with E-state index in [1.54, 1.807) is 0 Å². The minimum Gasteiger partial charge on any atom is -0.361 e. The van der Waals surface area contributed by atoms with E-state index < -0.39 is 4.92 Å². The Kier molecular flexibility index (Phi) is 6.69. The second kappa shape index (κ2) is 8.75. The van der Waals surface area contributed by atoms with Crippen molar-refractivity contribution in [3.63, 3.8) is 0 Å². The van der Waals surface area contributed by atoms with Crippen LogP contribution < -0.4 is 10.6 Å². The molecule has 0 amide bonds. The van der Waals surface area contributed by atoms with Crippen molar-refractivity contribution in [2.24, 2.45) is 0 Å². The number of nitro groups is 1. The van der Waals surface area contributed by atoms with Gasteiger partial charge in [-0.2, -0.15) is 0 Å². The maximum atomic E-state index is 10.9. The van der Waals surface area contributed by atoms with Gasteiger partial charge in [-0.1, -0.05) is 41.9 Å². The molecule has 2 aromatic rings. The average Bonchev–Trinajstić information content (AvgIpc) is 2.57. The van der Waals surface area contributed by atoms with Gasteiger partial charge in [0.25, 0.3) is 5.69 Å². The van der Waals surface area contributed by atoms with Crippen LogP contribution >= 0.6 is 23.8 Å². The van der Waals surface area contributed by atoms with Gasteiger partial charge in [-0.05, 0) is 37.9 Å². The summed E-state index contributed by atoms with van der Waals surface area (Å²) in [6.07, 6.45) is 0. The molecule has 0 aromatic heterocycles. The quantitative estimate of drug-likeness (QED) is 0.452. The second-order valence-corrected chi connectivity index (χ2v) is 6.46. The van der Waals surface area contributed by atoms with Crippen molar-refractivity contribution in [2.75, 3.05) is 26.0 Å². The number of hydrogen-bond acceptors (Lipinski definition) is 4. The van der Waals surface area contributed by atoms with E-state index in [0.29, 0.717) is 22.4 Å². The predicted octanol–water partition coefficient (Wildman–Crippen LogP) is 3.84. The van der Waals surface area contributed by atoms with Gasteiger partial charge in [-0.25, -0.2) is 0 Å². The monoisotopic (exact) mass is 378 g/mol. The van der Waals surface area contributed by atoms with E-state index >= 15 is 0 Å². The van der Waals surface area contributed by atoms with E-state index in [1.165, 1.54) is 18.2 Å². The molecule has 0 aliphatic rings. The summed E-state index contributed by atoms with van der Waals surface area (Å²) in [6.45, 7) is 0.579. The lowest BCUT2D eigenvalue weighted by Gasteiger charge is -2.25. The number of anilines is 1.